The summed E-state index contributed by atoms with van der Waals surface area (Å²) in [7, 11) is 3.94. The standard InChI is InChI=1S/C32H42N4.C28H34N4.2C15H16N4.2Ir/c1-23(2)29-13-11-15-31(19-29)35-21-33(25(5)27(35)7)17-9-10-18-34-22-36(28(8)26(34)6)32-16-12-14-30(20-32)24(3)4;1-23(2)25-9-7-11-27(19-25)31-17-15-29(21-31)13-5-6-14-30-16-18-32(22-30)28-12-8-10-26(20-28)24(3)4;2*1-11(2)12-5-4-6-13(9-12)19-10-18(3)14-15(19)17-8-7-16-14;;/h11-14,19-24H,9-10,17-18H2,1-8H3;7-10,15-24H,5-6,13-14H2,1-4H3;2*4-5,7-11H,1-3H3;;/q2*-4;2*-2;;. The molecular formula is C90H108Ir2N16-12. The molecule has 14 rings (SSSR count). The van der Waals surface area contributed by atoms with Crippen LogP contribution in [0.25, 0.3) is 0 Å². The van der Waals surface area contributed by atoms with Gasteiger partial charge in [-0.3, -0.25) is 0 Å². The molecule has 578 valence electrons. The predicted octanol–water partition coefficient (Wildman–Crippen LogP) is 20.6. The zero-order valence-electron chi connectivity index (χ0n) is 66.4. The van der Waals surface area contributed by atoms with Crippen LogP contribution in [0, 0.1) is 76.4 Å². The third-order valence-electron chi connectivity index (χ3n) is 20.1. The van der Waals surface area contributed by atoms with E-state index < -0.39 is 0 Å². The Morgan fingerprint density at radius 1 is 0.306 bits per heavy atom. The van der Waals surface area contributed by atoms with E-state index in [0.717, 1.165) is 109 Å². The van der Waals surface area contributed by atoms with E-state index in [0.29, 0.717) is 35.5 Å². The molecule has 2 radical (unpaired) electrons. The van der Waals surface area contributed by atoms with Crippen molar-refractivity contribution in [2.75, 3.05) is 79.5 Å². The van der Waals surface area contributed by atoms with E-state index >= 15 is 0 Å². The molecule has 0 unspecified atom stereocenters. The Hall–Kier alpha value is -8.66. The summed E-state index contributed by atoms with van der Waals surface area (Å²) >= 11 is 0. The fraction of sp³-hybridized carbons (Fsp3) is 0.356. The van der Waals surface area contributed by atoms with Crippen LogP contribution in [0.5, 0.6) is 0 Å². The van der Waals surface area contributed by atoms with Crippen molar-refractivity contribution in [3.05, 3.63) is 291 Å². The van der Waals surface area contributed by atoms with E-state index in [1.54, 1.807) is 24.8 Å². The van der Waals surface area contributed by atoms with E-state index in [9.17, 15) is 0 Å². The van der Waals surface area contributed by atoms with Gasteiger partial charge < -0.3 is 58.8 Å². The zero-order valence-corrected chi connectivity index (χ0v) is 71.2. The third kappa shape index (κ3) is 20.6. The van der Waals surface area contributed by atoms with Gasteiger partial charge in [0.25, 0.3) is 0 Å². The number of benzene rings is 6. The minimum Gasteiger partial charge on any atom is -0.508 e. The molecule has 0 atom stereocenters. The molecule has 16 nitrogen and oxygen atoms in total. The Kier molecular flexibility index (Phi) is 29.8. The smallest absolute Gasteiger partial charge is 0.143 e. The first-order chi connectivity index (χ1) is 51.0. The Bertz CT molecular complexity index is 4080. The topological polar surface area (TPSA) is 90.4 Å². The van der Waals surface area contributed by atoms with Crippen molar-refractivity contribution in [3.8, 4) is 0 Å². The maximum Gasteiger partial charge on any atom is 0.143 e. The van der Waals surface area contributed by atoms with Gasteiger partial charge in [0.2, 0.25) is 0 Å². The van der Waals surface area contributed by atoms with Gasteiger partial charge in [-0.25, -0.2) is 19.9 Å². The monoisotopic (exact) mass is 1800 g/mol. The molecule has 6 aliphatic rings. The second-order valence-corrected chi connectivity index (χ2v) is 29.8. The average molecular weight is 1800 g/mol. The summed E-state index contributed by atoms with van der Waals surface area (Å²) in [5.41, 5.74) is 19.6. The number of rotatable bonds is 22. The summed E-state index contributed by atoms with van der Waals surface area (Å²) in [5.74, 6) is 6.50. The summed E-state index contributed by atoms with van der Waals surface area (Å²) in [6.45, 7) is 52.3. The molecule has 0 N–H and O–H groups in total. The summed E-state index contributed by atoms with van der Waals surface area (Å²) in [6.07, 6.45) is 19.9. The molecule has 6 aromatic carbocycles. The van der Waals surface area contributed by atoms with Crippen LogP contribution in [-0.2, 0) is 40.2 Å². The molecule has 8 heterocycles. The average Bonchev–Trinajstić information content (AvgIpc) is 1.65. The minimum absolute atomic E-state index is 0. The van der Waals surface area contributed by atoms with Crippen LogP contribution in [0.1, 0.15) is 205 Å². The number of hydrogen-bond acceptors (Lipinski definition) is 16. The molecule has 0 saturated heterocycles. The number of aromatic nitrogens is 4. The summed E-state index contributed by atoms with van der Waals surface area (Å²) < 4.78 is 0. The molecular weight excluding hydrogens is 1690 g/mol. The Morgan fingerprint density at radius 2 is 0.565 bits per heavy atom. The second kappa shape index (κ2) is 38.6. The molecule has 108 heavy (non-hydrogen) atoms. The number of nitrogens with zero attached hydrogens (tertiary/aromatic N) is 16. The van der Waals surface area contributed by atoms with Crippen LogP contribution in [0.4, 0.5) is 57.4 Å². The maximum absolute atomic E-state index is 4.41. The zero-order chi connectivity index (χ0) is 75.3. The Labute approximate surface area is 675 Å². The van der Waals surface area contributed by atoms with Crippen molar-refractivity contribution in [1.29, 1.82) is 0 Å². The number of unbranched alkanes of at least 4 members (excludes halogenated alkanes) is 2. The van der Waals surface area contributed by atoms with Gasteiger partial charge >= 0.3 is 0 Å². The molecule has 18 heteroatoms. The molecule has 0 fully saturated rings. The van der Waals surface area contributed by atoms with Crippen molar-refractivity contribution < 1.29 is 40.2 Å². The Morgan fingerprint density at radius 3 is 0.861 bits per heavy atom. The van der Waals surface area contributed by atoms with Gasteiger partial charge in [0.05, 0.1) is 0 Å². The normalized spacial score (nSPS) is 15.2. The first-order valence-corrected chi connectivity index (χ1v) is 37.8. The summed E-state index contributed by atoms with van der Waals surface area (Å²) in [5, 5.41) is 0. The maximum atomic E-state index is 4.41. The van der Waals surface area contributed by atoms with Crippen molar-refractivity contribution in [1.82, 2.24) is 39.5 Å². The van der Waals surface area contributed by atoms with Crippen LogP contribution in [0.15, 0.2) is 182 Å². The number of hydrogen-bond donors (Lipinski definition) is 0. The van der Waals surface area contributed by atoms with E-state index in [4.69, 9.17) is 0 Å². The van der Waals surface area contributed by atoms with Gasteiger partial charge in [0, 0.05) is 76.4 Å². The van der Waals surface area contributed by atoms with Crippen LogP contribution >= 0.6 is 0 Å². The number of fused-ring (bicyclic) bond motifs is 2. The van der Waals surface area contributed by atoms with Crippen molar-refractivity contribution in [3.63, 3.8) is 0 Å². The van der Waals surface area contributed by atoms with E-state index in [1.807, 2.05) is 83.4 Å². The number of anilines is 10. The van der Waals surface area contributed by atoms with Gasteiger partial charge in [0.15, 0.2) is 0 Å². The van der Waals surface area contributed by atoms with Crippen molar-refractivity contribution in [2.45, 2.75) is 172 Å². The number of allylic oxidation sites excluding steroid dienone is 4. The van der Waals surface area contributed by atoms with Crippen LogP contribution in [-0.4, -0.2) is 79.8 Å². The Balaban J connectivity index is 0.000000171. The van der Waals surface area contributed by atoms with E-state index in [2.05, 4.69) is 331 Å². The summed E-state index contributed by atoms with van der Waals surface area (Å²) in [4.78, 5) is 43.7. The van der Waals surface area contributed by atoms with E-state index in [-0.39, 0.29) is 40.2 Å². The van der Waals surface area contributed by atoms with Crippen molar-refractivity contribution in [2.24, 2.45) is 0 Å². The van der Waals surface area contributed by atoms with Crippen LogP contribution in [0.2, 0.25) is 0 Å². The fourth-order valence-electron chi connectivity index (χ4n) is 13.1. The fourth-order valence-corrected chi connectivity index (χ4v) is 13.1. The van der Waals surface area contributed by atoms with Gasteiger partial charge in [-0.1, -0.05) is 83.1 Å². The largest absolute Gasteiger partial charge is 0.508 e. The quantitative estimate of drug-likeness (QED) is 0.0476. The summed E-state index contributed by atoms with van der Waals surface area (Å²) in [6, 6.07) is 58.3. The first kappa shape index (κ1) is 83.4. The van der Waals surface area contributed by atoms with Gasteiger partial charge in [-0.15, -0.1) is 83.9 Å². The SMILES string of the molecule is CC(C)c1cc[c-]c(N2C=CN(CCCCN3C=CN(c4[c-]ccc(C(C)C)c4)[CH-]3)[CH-]2)c1.CC(C)c1cc[c-]c(N2[CH-]N(C)c3nccnc32)c1.CC(C)c1cc[c-]c(N2[CH-]N(C)c3nccnc32)c1.CC1=C(C)N(c2[c-]ccc(C(C)C)c2)[CH-]N1CCCCN1[CH-]N(c2[c-]ccc(C(C)C)c2)C(C)=C1C.[Ir].[Ir]. The minimum atomic E-state index is 0. The first-order valence-electron chi connectivity index (χ1n) is 37.8. The molecule has 6 aliphatic heterocycles. The van der Waals surface area contributed by atoms with Gasteiger partial charge in [0.1, 0.15) is 23.3 Å². The van der Waals surface area contributed by atoms with Crippen LogP contribution < -0.4 is 39.2 Å². The molecule has 0 spiro atoms. The molecule has 0 amide bonds. The second-order valence-electron chi connectivity index (χ2n) is 29.8. The van der Waals surface area contributed by atoms with Crippen molar-refractivity contribution >= 4 is 57.4 Å². The molecule has 2 aromatic heterocycles. The van der Waals surface area contributed by atoms with Gasteiger partial charge in [-0.2, -0.15) is 169 Å². The van der Waals surface area contributed by atoms with Crippen LogP contribution in [0.3, 0.4) is 0 Å². The van der Waals surface area contributed by atoms with E-state index in [1.165, 1.54) is 56.2 Å². The third-order valence-corrected chi connectivity index (χ3v) is 20.1. The van der Waals surface area contributed by atoms with Gasteiger partial charge in [-0.05, 0) is 165 Å². The molecule has 0 saturated carbocycles. The molecule has 0 aliphatic carbocycles. The molecule has 0 bridgehead atoms. The molecule has 8 aromatic rings. The predicted molar refractivity (Wildman–Crippen MR) is 437 cm³/mol.